The first-order valence-electron chi connectivity index (χ1n) is 7.54. The third kappa shape index (κ3) is 5.31. The van der Waals surface area contributed by atoms with Crippen molar-refractivity contribution in [2.24, 2.45) is 5.10 Å². The third-order valence-electron chi connectivity index (χ3n) is 2.98. The van der Waals surface area contributed by atoms with Crippen molar-refractivity contribution < 1.29 is 14.4 Å². The van der Waals surface area contributed by atoms with E-state index in [1.807, 2.05) is 13.0 Å². The minimum absolute atomic E-state index is 0.0778. The van der Waals surface area contributed by atoms with E-state index < -0.39 is 4.92 Å². The molecule has 0 spiro atoms. The zero-order valence-electron chi connectivity index (χ0n) is 13.7. The van der Waals surface area contributed by atoms with E-state index in [1.165, 1.54) is 12.1 Å². The van der Waals surface area contributed by atoms with E-state index in [9.17, 15) is 10.1 Å². The number of hydrazone groups is 1. The molecule has 0 fully saturated rings. The molecule has 0 saturated carbocycles. The number of pyridine rings is 1. The molecular formula is C17H18N4O4. The number of benzene rings is 1. The second-order valence-electron chi connectivity index (χ2n) is 4.77. The second-order valence-corrected chi connectivity index (χ2v) is 4.77. The van der Waals surface area contributed by atoms with Gasteiger partial charge in [0.25, 0.3) is 5.69 Å². The minimum atomic E-state index is -0.509. The van der Waals surface area contributed by atoms with E-state index in [0.717, 1.165) is 11.8 Å². The molecule has 1 aromatic carbocycles. The van der Waals surface area contributed by atoms with E-state index in [2.05, 4.69) is 22.1 Å². The summed E-state index contributed by atoms with van der Waals surface area (Å²) < 4.78 is 11.1. The van der Waals surface area contributed by atoms with Gasteiger partial charge in [-0.3, -0.25) is 15.5 Å². The summed E-state index contributed by atoms with van der Waals surface area (Å²) >= 11 is 0. The van der Waals surface area contributed by atoms with Gasteiger partial charge in [0, 0.05) is 6.07 Å². The van der Waals surface area contributed by atoms with Crippen LogP contribution in [0.3, 0.4) is 0 Å². The topological polar surface area (TPSA) is 98.9 Å². The monoisotopic (exact) mass is 342 g/mol. The minimum Gasteiger partial charge on any atom is -0.490 e. The van der Waals surface area contributed by atoms with Crippen LogP contribution in [0.2, 0.25) is 0 Å². The van der Waals surface area contributed by atoms with Crippen molar-refractivity contribution in [2.45, 2.75) is 6.92 Å². The maximum atomic E-state index is 10.6. The first-order valence-corrected chi connectivity index (χ1v) is 7.54. The Morgan fingerprint density at radius 3 is 2.80 bits per heavy atom. The number of hydrogen-bond acceptors (Lipinski definition) is 7. The maximum Gasteiger partial charge on any atom is 0.287 e. The molecule has 1 aromatic heterocycles. The first-order chi connectivity index (χ1) is 12.1. The van der Waals surface area contributed by atoms with Gasteiger partial charge in [-0.2, -0.15) is 5.10 Å². The number of nitrogens with one attached hydrogen (secondary N) is 1. The highest BCUT2D eigenvalue weighted by molar-refractivity contribution is 5.81. The van der Waals surface area contributed by atoms with E-state index in [1.54, 1.807) is 24.4 Å². The molecule has 8 nitrogen and oxygen atoms in total. The molecule has 2 rings (SSSR count). The molecule has 0 radical (unpaired) electrons. The molecule has 8 heteroatoms. The van der Waals surface area contributed by atoms with Crippen molar-refractivity contribution in [3.8, 4) is 11.5 Å². The van der Waals surface area contributed by atoms with Crippen molar-refractivity contribution in [1.29, 1.82) is 0 Å². The predicted octanol–water partition coefficient (Wildman–Crippen LogP) is 3.40. The summed E-state index contributed by atoms with van der Waals surface area (Å²) in [7, 11) is 0. The predicted molar refractivity (Wildman–Crippen MR) is 95.4 cm³/mol. The summed E-state index contributed by atoms with van der Waals surface area (Å²) in [4.78, 5) is 14.0. The van der Waals surface area contributed by atoms with Gasteiger partial charge in [0.15, 0.2) is 11.5 Å². The van der Waals surface area contributed by atoms with Crippen LogP contribution >= 0.6 is 0 Å². The van der Waals surface area contributed by atoms with E-state index in [-0.39, 0.29) is 5.69 Å². The number of hydrogen-bond donors (Lipinski definition) is 1. The molecule has 2 aromatic rings. The Labute approximate surface area is 145 Å². The lowest BCUT2D eigenvalue weighted by Crippen LogP contribution is -2.00. The van der Waals surface area contributed by atoms with Crippen LogP contribution in [-0.2, 0) is 0 Å². The van der Waals surface area contributed by atoms with Crippen LogP contribution < -0.4 is 14.9 Å². The SMILES string of the molecule is C=CCOc1ccc(/C=N/Nc2ccc([N+](=O)[O-])cn2)cc1OCC. The molecule has 1 N–H and O–H groups in total. The van der Waals surface area contributed by atoms with Crippen molar-refractivity contribution in [3.05, 3.63) is 64.9 Å². The maximum absolute atomic E-state index is 10.6. The van der Waals surface area contributed by atoms with Crippen LogP contribution in [-0.4, -0.2) is 29.3 Å². The zero-order valence-corrected chi connectivity index (χ0v) is 13.7. The van der Waals surface area contributed by atoms with Gasteiger partial charge in [0.05, 0.1) is 17.7 Å². The molecule has 0 saturated heterocycles. The van der Waals surface area contributed by atoms with Crippen LogP contribution in [0.4, 0.5) is 11.5 Å². The second kappa shape index (κ2) is 9.02. The fraction of sp³-hybridized carbons (Fsp3) is 0.176. The van der Waals surface area contributed by atoms with Crippen molar-refractivity contribution >= 4 is 17.7 Å². The number of anilines is 1. The fourth-order valence-electron chi connectivity index (χ4n) is 1.87. The number of aromatic nitrogens is 1. The summed E-state index contributed by atoms with van der Waals surface area (Å²) in [6, 6.07) is 8.25. The number of ether oxygens (including phenoxy) is 2. The largest absolute Gasteiger partial charge is 0.490 e. The van der Waals surface area contributed by atoms with Crippen molar-refractivity contribution in [3.63, 3.8) is 0 Å². The lowest BCUT2D eigenvalue weighted by molar-refractivity contribution is -0.385. The van der Waals surface area contributed by atoms with Gasteiger partial charge in [-0.1, -0.05) is 12.7 Å². The van der Waals surface area contributed by atoms with Gasteiger partial charge in [-0.05, 0) is 36.8 Å². The van der Waals surface area contributed by atoms with Crippen LogP contribution in [0.1, 0.15) is 12.5 Å². The Morgan fingerprint density at radius 1 is 1.32 bits per heavy atom. The van der Waals surface area contributed by atoms with Crippen molar-refractivity contribution in [2.75, 3.05) is 18.6 Å². The Morgan fingerprint density at radius 2 is 2.16 bits per heavy atom. The molecule has 0 atom stereocenters. The molecule has 0 unspecified atom stereocenters. The van der Waals surface area contributed by atoms with Crippen LogP contribution in [0.25, 0.3) is 0 Å². The highest BCUT2D eigenvalue weighted by Crippen LogP contribution is 2.28. The molecule has 1 heterocycles. The van der Waals surface area contributed by atoms with Crippen LogP contribution in [0, 0.1) is 10.1 Å². The normalized spacial score (nSPS) is 10.4. The first kappa shape index (κ1) is 17.9. The average Bonchev–Trinajstić information content (AvgIpc) is 2.62. The summed E-state index contributed by atoms with van der Waals surface area (Å²) in [6.07, 6.45) is 4.41. The van der Waals surface area contributed by atoms with E-state index in [4.69, 9.17) is 9.47 Å². The average molecular weight is 342 g/mol. The fourth-order valence-corrected chi connectivity index (χ4v) is 1.87. The summed E-state index contributed by atoms with van der Waals surface area (Å²) in [5, 5.41) is 14.6. The quantitative estimate of drug-likeness (QED) is 0.324. The van der Waals surface area contributed by atoms with Gasteiger partial charge >= 0.3 is 0 Å². The summed E-state index contributed by atoms with van der Waals surface area (Å²) in [5.41, 5.74) is 3.43. The van der Waals surface area contributed by atoms with E-state index in [0.29, 0.717) is 30.5 Å². The number of nitro groups is 1. The van der Waals surface area contributed by atoms with Gasteiger partial charge in [0.2, 0.25) is 0 Å². The molecule has 0 aliphatic rings. The Hall–Kier alpha value is -3.42. The molecule has 130 valence electrons. The van der Waals surface area contributed by atoms with Gasteiger partial charge in [0.1, 0.15) is 18.6 Å². The smallest absolute Gasteiger partial charge is 0.287 e. The molecule has 0 bridgehead atoms. The summed E-state index contributed by atoms with van der Waals surface area (Å²) in [6.45, 7) is 6.40. The Balaban J connectivity index is 2.05. The lowest BCUT2D eigenvalue weighted by atomic mass is 10.2. The molecule has 25 heavy (non-hydrogen) atoms. The van der Waals surface area contributed by atoms with Crippen LogP contribution in [0.5, 0.6) is 11.5 Å². The number of nitrogens with zero attached hydrogens (tertiary/aromatic N) is 3. The van der Waals surface area contributed by atoms with E-state index >= 15 is 0 Å². The summed E-state index contributed by atoms with van der Waals surface area (Å²) in [5.74, 6) is 1.64. The molecule has 0 aliphatic heterocycles. The highest BCUT2D eigenvalue weighted by Gasteiger charge is 2.06. The third-order valence-corrected chi connectivity index (χ3v) is 2.98. The molecule has 0 aliphatic carbocycles. The van der Waals surface area contributed by atoms with Crippen molar-refractivity contribution in [1.82, 2.24) is 4.98 Å². The Kier molecular flexibility index (Phi) is 6.47. The van der Waals surface area contributed by atoms with Crippen LogP contribution in [0.15, 0.2) is 54.3 Å². The van der Waals surface area contributed by atoms with Gasteiger partial charge in [-0.15, -0.1) is 0 Å². The zero-order chi connectivity index (χ0) is 18.1. The molecular weight excluding hydrogens is 324 g/mol. The highest BCUT2D eigenvalue weighted by atomic mass is 16.6. The van der Waals surface area contributed by atoms with Gasteiger partial charge in [-0.25, -0.2) is 4.98 Å². The number of rotatable bonds is 9. The standard InChI is InChI=1S/C17H18N4O4/c1-3-9-25-15-7-5-13(10-16(15)24-4-2)11-19-20-17-8-6-14(12-18-17)21(22)23/h3,5-8,10-12H,1,4,9H2,2H3,(H,18,20)/b19-11+. The molecule has 0 amide bonds. The van der Waals surface area contributed by atoms with Gasteiger partial charge < -0.3 is 9.47 Å². The lowest BCUT2D eigenvalue weighted by Gasteiger charge is -2.11. The Bertz CT molecular complexity index is 760.